The van der Waals surface area contributed by atoms with Crippen LogP contribution in [-0.2, 0) is 4.79 Å². The van der Waals surface area contributed by atoms with Gasteiger partial charge in [0.25, 0.3) is 6.08 Å². The zero-order valence-corrected chi connectivity index (χ0v) is 8.13. The van der Waals surface area contributed by atoms with Crippen LogP contribution in [0.25, 0.3) is 0 Å². The topological polar surface area (TPSA) is 17.1 Å². The van der Waals surface area contributed by atoms with Gasteiger partial charge in [-0.05, 0) is 12.8 Å². The summed E-state index contributed by atoms with van der Waals surface area (Å²) in [7, 11) is 0. The Morgan fingerprint density at radius 3 is 2.62 bits per heavy atom. The minimum atomic E-state index is -1.86. The van der Waals surface area contributed by atoms with Gasteiger partial charge in [-0.2, -0.15) is 8.78 Å². The zero-order valence-electron chi connectivity index (χ0n) is 7.37. The molecule has 1 fully saturated rings. The lowest BCUT2D eigenvalue weighted by atomic mass is 9.75. The molecule has 0 radical (unpaired) electrons. The molecule has 0 aliphatic heterocycles. The fourth-order valence-electron chi connectivity index (χ4n) is 1.70. The van der Waals surface area contributed by atoms with Crippen molar-refractivity contribution in [2.24, 2.45) is 5.41 Å². The van der Waals surface area contributed by atoms with Crippen molar-refractivity contribution in [3.63, 3.8) is 0 Å². The quantitative estimate of drug-likeness (QED) is 0.645. The zero-order chi connectivity index (χ0) is 10.1. The monoisotopic (exact) mass is 208 g/mol. The molecule has 0 aromatic carbocycles. The molecular formula is C9H11ClF2O. The molecule has 1 unspecified atom stereocenters. The van der Waals surface area contributed by atoms with E-state index in [9.17, 15) is 13.6 Å². The maximum atomic E-state index is 12.2. The third kappa shape index (κ3) is 2.27. The number of hydrogen-bond acceptors (Lipinski definition) is 1. The number of carbonyl (C=O) groups excluding carboxylic acids is 1. The molecule has 1 saturated carbocycles. The van der Waals surface area contributed by atoms with Crippen molar-refractivity contribution in [3.8, 4) is 0 Å². The second-order valence-corrected chi connectivity index (χ2v) is 4.08. The van der Waals surface area contributed by atoms with Crippen molar-refractivity contribution in [1.29, 1.82) is 0 Å². The molecule has 13 heavy (non-hydrogen) atoms. The molecule has 1 rings (SSSR count). The van der Waals surface area contributed by atoms with E-state index in [1.54, 1.807) is 6.92 Å². The Morgan fingerprint density at radius 2 is 2.15 bits per heavy atom. The highest BCUT2D eigenvalue weighted by molar-refractivity contribution is 6.30. The summed E-state index contributed by atoms with van der Waals surface area (Å²) < 4.78 is 24.4. The number of ketones is 1. The lowest BCUT2D eigenvalue weighted by Crippen LogP contribution is -2.26. The maximum Gasteiger partial charge on any atom is 0.285 e. The molecule has 0 saturated heterocycles. The van der Waals surface area contributed by atoms with Gasteiger partial charge in [0, 0.05) is 18.3 Å². The summed E-state index contributed by atoms with van der Waals surface area (Å²) in [6.07, 6.45) is -0.0104. The Kier molecular flexibility index (Phi) is 3.06. The summed E-state index contributed by atoms with van der Waals surface area (Å²) in [5.41, 5.74) is -0.824. The van der Waals surface area contributed by atoms with E-state index in [-0.39, 0.29) is 12.2 Å². The molecule has 0 spiro atoms. The Bertz CT molecular complexity index is 258. The number of Topliss-reactive ketones (excluding diaryl/α,β-unsaturated/α-hetero) is 1. The van der Waals surface area contributed by atoms with Crippen LogP contribution in [0.2, 0.25) is 0 Å². The fraction of sp³-hybridized carbons (Fsp3) is 0.667. The maximum absolute atomic E-state index is 12.2. The first-order valence-corrected chi connectivity index (χ1v) is 4.56. The number of carbonyl (C=O) groups is 1. The minimum Gasteiger partial charge on any atom is -0.300 e. The largest absolute Gasteiger partial charge is 0.300 e. The summed E-state index contributed by atoms with van der Waals surface area (Å²) in [4.78, 5) is 11.1. The van der Waals surface area contributed by atoms with Gasteiger partial charge in [0.2, 0.25) is 0 Å². The van der Waals surface area contributed by atoms with Crippen molar-refractivity contribution in [2.45, 2.75) is 32.6 Å². The van der Waals surface area contributed by atoms with E-state index in [0.29, 0.717) is 19.3 Å². The van der Waals surface area contributed by atoms with Crippen LogP contribution in [0.5, 0.6) is 0 Å². The van der Waals surface area contributed by atoms with E-state index in [0.717, 1.165) is 0 Å². The third-order valence-electron chi connectivity index (χ3n) is 2.47. The molecule has 74 valence electrons. The lowest BCUT2D eigenvalue weighted by Gasteiger charge is -2.31. The number of hydrogen-bond donors (Lipinski definition) is 0. The van der Waals surface area contributed by atoms with Crippen molar-refractivity contribution in [1.82, 2.24) is 0 Å². The summed E-state index contributed by atoms with van der Waals surface area (Å²) in [6.45, 7) is 1.62. The molecule has 1 aliphatic carbocycles. The van der Waals surface area contributed by atoms with Crippen LogP contribution in [0.4, 0.5) is 8.78 Å². The van der Waals surface area contributed by atoms with Gasteiger partial charge in [0.15, 0.2) is 0 Å². The normalized spacial score (nSPS) is 28.8. The van der Waals surface area contributed by atoms with Gasteiger partial charge in [-0.1, -0.05) is 18.5 Å². The van der Waals surface area contributed by atoms with Gasteiger partial charge < -0.3 is 0 Å². The summed E-state index contributed by atoms with van der Waals surface area (Å²) in [5, 5.41) is -0.444. The summed E-state index contributed by atoms with van der Waals surface area (Å²) in [5.74, 6) is 0.0214. The van der Waals surface area contributed by atoms with Crippen LogP contribution >= 0.6 is 11.6 Å². The molecule has 0 aromatic rings. The van der Waals surface area contributed by atoms with Gasteiger partial charge in [0.1, 0.15) is 5.78 Å². The number of allylic oxidation sites excluding steroid dienone is 1. The molecule has 0 heterocycles. The van der Waals surface area contributed by atoms with Gasteiger partial charge in [-0.15, -0.1) is 0 Å². The van der Waals surface area contributed by atoms with Crippen LogP contribution in [0.15, 0.2) is 11.1 Å². The van der Waals surface area contributed by atoms with Crippen LogP contribution in [0.1, 0.15) is 32.6 Å². The minimum absolute atomic E-state index is 0.0214. The first-order valence-electron chi connectivity index (χ1n) is 4.19. The predicted molar refractivity (Wildman–Crippen MR) is 46.7 cm³/mol. The van der Waals surface area contributed by atoms with Crippen molar-refractivity contribution in [2.75, 3.05) is 0 Å². The van der Waals surface area contributed by atoms with Gasteiger partial charge in [0.05, 0.1) is 5.03 Å². The van der Waals surface area contributed by atoms with Crippen LogP contribution < -0.4 is 0 Å². The second kappa shape index (κ2) is 3.74. The predicted octanol–water partition coefficient (Wildman–Crippen LogP) is 3.48. The second-order valence-electron chi connectivity index (χ2n) is 3.70. The Morgan fingerprint density at radius 1 is 1.54 bits per heavy atom. The molecule has 0 N–H and O–H groups in total. The average molecular weight is 209 g/mol. The molecule has 1 atom stereocenters. The van der Waals surface area contributed by atoms with Crippen LogP contribution in [0, 0.1) is 5.41 Å². The molecule has 4 heteroatoms. The molecule has 1 nitrogen and oxygen atoms in total. The SMILES string of the molecule is CC1(C(Cl)=C(F)F)CCCC(=O)C1. The number of rotatable bonds is 1. The van der Waals surface area contributed by atoms with Crippen LogP contribution in [0.3, 0.4) is 0 Å². The third-order valence-corrected chi connectivity index (χ3v) is 3.07. The highest BCUT2D eigenvalue weighted by Gasteiger charge is 2.36. The Balaban J connectivity index is 2.87. The van der Waals surface area contributed by atoms with Crippen molar-refractivity contribution in [3.05, 3.63) is 11.1 Å². The van der Waals surface area contributed by atoms with E-state index >= 15 is 0 Å². The molecule has 0 amide bonds. The molecule has 1 aliphatic rings. The lowest BCUT2D eigenvalue weighted by molar-refractivity contribution is -0.122. The highest BCUT2D eigenvalue weighted by Crippen LogP contribution is 2.44. The molecule has 0 bridgehead atoms. The number of halogens is 3. The smallest absolute Gasteiger partial charge is 0.285 e. The summed E-state index contributed by atoms with van der Waals surface area (Å²) >= 11 is 5.48. The van der Waals surface area contributed by atoms with Crippen LogP contribution in [-0.4, -0.2) is 5.78 Å². The van der Waals surface area contributed by atoms with E-state index in [1.807, 2.05) is 0 Å². The molecule has 0 aromatic heterocycles. The van der Waals surface area contributed by atoms with Gasteiger partial charge >= 0.3 is 0 Å². The van der Waals surface area contributed by atoms with Crippen molar-refractivity contribution < 1.29 is 13.6 Å². The van der Waals surface area contributed by atoms with E-state index < -0.39 is 16.5 Å². The van der Waals surface area contributed by atoms with Gasteiger partial charge in [-0.3, -0.25) is 4.79 Å². The average Bonchev–Trinajstić information content (AvgIpc) is 2.02. The first kappa shape index (κ1) is 10.6. The standard InChI is InChI=1S/C9H11ClF2O/c1-9(7(10)8(11)12)4-2-3-6(13)5-9/h2-5H2,1H3. The van der Waals surface area contributed by atoms with Gasteiger partial charge in [-0.25, -0.2) is 0 Å². The van der Waals surface area contributed by atoms with E-state index in [4.69, 9.17) is 11.6 Å². The summed E-state index contributed by atoms with van der Waals surface area (Å²) in [6, 6.07) is 0. The Hall–Kier alpha value is -0.440. The first-order chi connectivity index (χ1) is 5.96. The fourth-order valence-corrected chi connectivity index (χ4v) is 1.86. The molecular weight excluding hydrogens is 198 g/mol. The van der Waals surface area contributed by atoms with Crippen molar-refractivity contribution >= 4 is 17.4 Å². The highest BCUT2D eigenvalue weighted by atomic mass is 35.5. The van der Waals surface area contributed by atoms with E-state index in [1.165, 1.54) is 0 Å². The Labute approximate surface area is 80.8 Å². The van der Waals surface area contributed by atoms with E-state index in [2.05, 4.69) is 0 Å².